The van der Waals surface area contributed by atoms with Crippen molar-refractivity contribution in [1.29, 1.82) is 0 Å². The highest BCUT2D eigenvalue weighted by Crippen LogP contribution is 2.27. The van der Waals surface area contributed by atoms with E-state index in [0.29, 0.717) is 29.0 Å². The molecule has 4 aromatic rings. The molecule has 0 saturated heterocycles. The molecule has 3 aromatic heterocycles. The van der Waals surface area contributed by atoms with Gasteiger partial charge in [0.15, 0.2) is 16.8 Å². The Labute approximate surface area is 168 Å². The van der Waals surface area contributed by atoms with Crippen molar-refractivity contribution in [3.8, 4) is 22.8 Å². The number of benzene rings is 1. The van der Waals surface area contributed by atoms with Crippen LogP contribution >= 0.6 is 34.7 Å². The molecule has 4 rings (SSSR count). The van der Waals surface area contributed by atoms with E-state index >= 15 is 0 Å². The number of hydrogen-bond donors (Lipinski definition) is 0. The molecule has 0 bridgehead atoms. The zero-order valence-corrected chi connectivity index (χ0v) is 16.5. The first-order valence-corrected chi connectivity index (χ1v) is 10.3. The maximum atomic E-state index is 5.98. The van der Waals surface area contributed by atoms with Crippen LogP contribution in [0.2, 0.25) is 5.02 Å². The summed E-state index contributed by atoms with van der Waals surface area (Å²) in [6.45, 7) is 4.43. The molecule has 0 aliphatic carbocycles. The molecule has 0 aliphatic rings. The van der Waals surface area contributed by atoms with Gasteiger partial charge in [-0.05, 0) is 35.7 Å². The van der Waals surface area contributed by atoms with E-state index in [-0.39, 0.29) is 0 Å². The molecule has 0 atom stereocenters. The van der Waals surface area contributed by atoms with Crippen molar-refractivity contribution < 1.29 is 4.52 Å². The lowest BCUT2D eigenvalue weighted by atomic mass is 10.2. The molecular formula is C18H14ClN5OS2. The molecule has 0 unspecified atom stereocenters. The fraction of sp³-hybridized carbons (Fsp3) is 0.111. The Morgan fingerprint density at radius 2 is 2.04 bits per heavy atom. The van der Waals surface area contributed by atoms with Crippen molar-refractivity contribution in [3.63, 3.8) is 0 Å². The molecule has 3 heterocycles. The quantitative estimate of drug-likeness (QED) is 0.305. The number of halogens is 1. The summed E-state index contributed by atoms with van der Waals surface area (Å²) in [5, 5.41) is 18.1. The second kappa shape index (κ2) is 8.08. The van der Waals surface area contributed by atoms with Gasteiger partial charge in [0.2, 0.25) is 0 Å². The lowest BCUT2D eigenvalue weighted by Crippen LogP contribution is -2.00. The van der Waals surface area contributed by atoms with Crippen LogP contribution in [-0.4, -0.2) is 24.9 Å². The van der Waals surface area contributed by atoms with Crippen LogP contribution < -0.4 is 0 Å². The Balaban J connectivity index is 1.53. The van der Waals surface area contributed by atoms with Gasteiger partial charge in [-0.3, -0.25) is 4.57 Å². The van der Waals surface area contributed by atoms with Crippen molar-refractivity contribution in [1.82, 2.24) is 24.9 Å². The van der Waals surface area contributed by atoms with Gasteiger partial charge in [-0.15, -0.1) is 16.8 Å². The van der Waals surface area contributed by atoms with Crippen molar-refractivity contribution in [2.24, 2.45) is 0 Å². The van der Waals surface area contributed by atoms with E-state index in [1.165, 1.54) is 11.8 Å². The van der Waals surface area contributed by atoms with Gasteiger partial charge < -0.3 is 4.52 Å². The third-order valence-electron chi connectivity index (χ3n) is 3.70. The van der Waals surface area contributed by atoms with E-state index in [2.05, 4.69) is 26.9 Å². The highest BCUT2D eigenvalue weighted by atomic mass is 35.5. The third kappa shape index (κ3) is 3.97. The predicted molar refractivity (Wildman–Crippen MR) is 108 cm³/mol. The fourth-order valence-electron chi connectivity index (χ4n) is 2.45. The first kappa shape index (κ1) is 18.0. The molecule has 0 radical (unpaired) electrons. The average molecular weight is 416 g/mol. The molecule has 0 spiro atoms. The molecule has 0 N–H and O–H groups in total. The van der Waals surface area contributed by atoms with Gasteiger partial charge in [0.1, 0.15) is 0 Å². The minimum absolute atomic E-state index is 0.529. The first-order valence-electron chi connectivity index (χ1n) is 8.02. The highest BCUT2D eigenvalue weighted by Gasteiger charge is 2.15. The van der Waals surface area contributed by atoms with Gasteiger partial charge in [-0.25, -0.2) is 0 Å². The van der Waals surface area contributed by atoms with Crippen molar-refractivity contribution in [2.75, 3.05) is 0 Å². The minimum atomic E-state index is 0.529. The molecule has 6 nitrogen and oxygen atoms in total. The summed E-state index contributed by atoms with van der Waals surface area (Å²) in [6.07, 6.45) is 1.82. The van der Waals surface area contributed by atoms with E-state index in [4.69, 9.17) is 16.1 Å². The van der Waals surface area contributed by atoms with Gasteiger partial charge in [0.05, 0.1) is 11.3 Å². The Kier molecular flexibility index (Phi) is 5.38. The van der Waals surface area contributed by atoms with Crippen LogP contribution in [0.25, 0.3) is 22.8 Å². The Hall–Kier alpha value is -2.42. The molecular weight excluding hydrogens is 402 g/mol. The summed E-state index contributed by atoms with van der Waals surface area (Å²) in [6, 6.07) is 9.47. The van der Waals surface area contributed by atoms with E-state index in [1.54, 1.807) is 11.3 Å². The molecule has 0 aliphatic heterocycles. The molecule has 27 heavy (non-hydrogen) atoms. The van der Waals surface area contributed by atoms with Crippen LogP contribution in [0.15, 0.2) is 63.4 Å². The summed E-state index contributed by atoms with van der Waals surface area (Å²) in [7, 11) is 0. The normalized spacial score (nSPS) is 11.0. The van der Waals surface area contributed by atoms with E-state index < -0.39 is 0 Å². The zero-order valence-electron chi connectivity index (χ0n) is 14.1. The van der Waals surface area contributed by atoms with Crippen molar-refractivity contribution >= 4 is 34.7 Å². The second-order valence-corrected chi connectivity index (χ2v) is 7.69. The second-order valence-electron chi connectivity index (χ2n) is 5.53. The summed E-state index contributed by atoms with van der Waals surface area (Å²) < 4.78 is 7.32. The number of aromatic nitrogens is 5. The summed E-state index contributed by atoms with van der Waals surface area (Å²) in [4.78, 5) is 4.43. The van der Waals surface area contributed by atoms with E-state index in [0.717, 1.165) is 22.1 Å². The highest BCUT2D eigenvalue weighted by molar-refractivity contribution is 7.98. The van der Waals surface area contributed by atoms with Gasteiger partial charge in [-0.2, -0.15) is 16.3 Å². The van der Waals surface area contributed by atoms with Crippen LogP contribution in [0.1, 0.15) is 5.82 Å². The van der Waals surface area contributed by atoms with E-state index in [9.17, 15) is 0 Å². The number of rotatable bonds is 7. The SMILES string of the molecule is C=CCn1c(SCc2noc(-c3ccsc3)n2)nnc1-c1ccc(Cl)cc1. The third-order valence-corrected chi connectivity index (χ3v) is 5.60. The van der Waals surface area contributed by atoms with Crippen LogP contribution in [0.5, 0.6) is 0 Å². The van der Waals surface area contributed by atoms with Crippen LogP contribution in [0, 0.1) is 0 Å². The van der Waals surface area contributed by atoms with Gasteiger partial charge in [0.25, 0.3) is 5.89 Å². The smallest absolute Gasteiger partial charge is 0.258 e. The van der Waals surface area contributed by atoms with Gasteiger partial charge in [0, 0.05) is 22.5 Å². The number of allylic oxidation sites excluding steroid dienone is 1. The fourth-order valence-corrected chi connectivity index (χ4v) is 3.99. The number of thioether (sulfide) groups is 1. The largest absolute Gasteiger partial charge is 0.334 e. The Morgan fingerprint density at radius 3 is 2.78 bits per heavy atom. The summed E-state index contributed by atoms with van der Waals surface area (Å²) in [5.74, 6) is 2.44. The monoisotopic (exact) mass is 415 g/mol. The topological polar surface area (TPSA) is 69.6 Å². The molecule has 9 heteroatoms. The zero-order chi connectivity index (χ0) is 18.6. The maximum Gasteiger partial charge on any atom is 0.258 e. The molecule has 1 aromatic carbocycles. The van der Waals surface area contributed by atoms with Crippen LogP contribution in [0.3, 0.4) is 0 Å². The van der Waals surface area contributed by atoms with E-state index in [1.807, 2.05) is 51.7 Å². The van der Waals surface area contributed by atoms with Crippen molar-refractivity contribution in [3.05, 3.63) is 64.6 Å². The first-order chi connectivity index (χ1) is 13.2. The molecule has 136 valence electrons. The molecule has 0 amide bonds. The maximum absolute atomic E-state index is 5.98. The van der Waals surface area contributed by atoms with Crippen LogP contribution in [-0.2, 0) is 12.3 Å². The summed E-state index contributed by atoms with van der Waals surface area (Å²) >= 11 is 9.07. The Bertz CT molecular complexity index is 1040. The standard InChI is InChI=1S/C18H14ClN5OS2/c1-2-8-24-16(12-3-5-14(19)6-4-12)21-22-18(24)27-11-15-20-17(25-23-15)13-7-9-26-10-13/h2-7,9-10H,1,8,11H2. The van der Waals surface area contributed by atoms with Crippen LogP contribution in [0.4, 0.5) is 0 Å². The number of hydrogen-bond acceptors (Lipinski definition) is 7. The lowest BCUT2D eigenvalue weighted by Gasteiger charge is -2.07. The minimum Gasteiger partial charge on any atom is -0.334 e. The average Bonchev–Trinajstić information content (AvgIpc) is 3.42. The molecule has 0 saturated carbocycles. The summed E-state index contributed by atoms with van der Waals surface area (Å²) in [5.41, 5.74) is 1.88. The van der Waals surface area contributed by atoms with Gasteiger partial charge in [-0.1, -0.05) is 34.6 Å². The predicted octanol–water partition coefficient (Wildman–Crippen LogP) is 5.19. The Morgan fingerprint density at radius 1 is 1.19 bits per heavy atom. The van der Waals surface area contributed by atoms with Gasteiger partial charge >= 0.3 is 0 Å². The number of thiophene rings is 1. The van der Waals surface area contributed by atoms with Crippen molar-refractivity contribution in [2.45, 2.75) is 17.5 Å². The molecule has 0 fully saturated rings. The lowest BCUT2D eigenvalue weighted by molar-refractivity contribution is 0.425. The number of nitrogens with zero attached hydrogens (tertiary/aromatic N) is 5.